The van der Waals surface area contributed by atoms with Gasteiger partial charge in [-0.1, -0.05) is 30.4 Å². The van der Waals surface area contributed by atoms with Crippen molar-refractivity contribution < 1.29 is 14.9 Å². The summed E-state index contributed by atoms with van der Waals surface area (Å²) >= 11 is 0. The third kappa shape index (κ3) is 5.52. The fraction of sp³-hybridized carbons (Fsp3) is 0.280. The van der Waals surface area contributed by atoms with Crippen molar-refractivity contribution in [2.45, 2.75) is 32.6 Å². The van der Waals surface area contributed by atoms with Crippen molar-refractivity contribution in [2.75, 3.05) is 13.2 Å². The molecule has 0 aromatic heterocycles. The maximum absolute atomic E-state index is 9.60. The smallest absolute Gasteiger partial charge is 0.119 e. The van der Waals surface area contributed by atoms with Gasteiger partial charge in [-0.3, -0.25) is 0 Å². The Morgan fingerprint density at radius 3 is 2.25 bits per heavy atom. The van der Waals surface area contributed by atoms with Crippen LogP contribution in [0.4, 0.5) is 0 Å². The summed E-state index contributed by atoms with van der Waals surface area (Å²) in [6, 6.07) is 17.7. The van der Waals surface area contributed by atoms with Crippen LogP contribution in [0.15, 0.2) is 54.6 Å². The lowest BCUT2D eigenvalue weighted by molar-refractivity contribution is 0.273. The van der Waals surface area contributed by atoms with Crippen LogP contribution < -0.4 is 4.74 Å². The number of phenolic OH excluding ortho intramolecular Hbond substituents is 1. The molecular formula is C25H26O3. The normalized spacial score (nSPS) is 10.5. The molecule has 3 rings (SSSR count). The van der Waals surface area contributed by atoms with Gasteiger partial charge in [-0.2, -0.15) is 0 Å². The van der Waals surface area contributed by atoms with Gasteiger partial charge in [0.15, 0.2) is 0 Å². The van der Waals surface area contributed by atoms with E-state index in [1.165, 1.54) is 0 Å². The van der Waals surface area contributed by atoms with E-state index in [4.69, 9.17) is 9.84 Å². The highest BCUT2D eigenvalue weighted by Gasteiger charge is 2.00. The SMILES string of the molecule is Cc1cc(C#Cc2ccc3cc(OCCCCCCO)ccc3c2)ccc1O. The molecule has 144 valence electrons. The lowest BCUT2D eigenvalue weighted by Crippen LogP contribution is -1.97. The van der Waals surface area contributed by atoms with Crippen LogP contribution in [0.2, 0.25) is 0 Å². The Hall–Kier alpha value is -2.96. The first kappa shape index (κ1) is 19.8. The predicted molar refractivity (Wildman–Crippen MR) is 114 cm³/mol. The lowest BCUT2D eigenvalue weighted by atomic mass is 10.1. The number of benzene rings is 3. The molecule has 0 aliphatic carbocycles. The first-order valence-electron chi connectivity index (χ1n) is 9.75. The first-order valence-corrected chi connectivity index (χ1v) is 9.75. The van der Waals surface area contributed by atoms with Crippen LogP contribution in [-0.2, 0) is 0 Å². The van der Waals surface area contributed by atoms with Crippen molar-refractivity contribution in [3.63, 3.8) is 0 Å². The highest BCUT2D eigenvalue weighted by atomic mass is 16.5. The van der Waals surface area contributed by atoms with Crippen molar-refractivity contribution in [1.82, 2.24) is 0 Å². The van der Waals surface area contributed by atoms with E-state index in [1.54, 1.807) is 6.07 Å². The van der Waals surface area contributed by atoms with E-state index in [0.29, 0.717) is 12.4 Å². The molecule has 0 saturated heterocycles. The second kappa shape index (κ2) is 9.82. The molecule has 0 saturated carbocycles. The van der Waals surface area contributed by atoms with Gasteiger partial charge in [-0.25, -0.2) is 0 Å². The standard InChI is InChI=1S/C25H26O3/c1-19-16-20(9-13-25(19)27)6-7-21-8-10-23-18-24(12-11-22(23)17-21)28-15-5-3-2-4-14-26/h8-13,16-18,26-27H,2-5,14-15H2,1H3. The third-order valence-electron chi connectivity index (χ3n) is 4.68. The Kier molecular flexibility index (Phi) is 6.94. The number of hydrogen-bond donors (Lipinski definition) is 2. The van der Waals surface area contributed by atoms with Crippen LogP contribution in [0.25, 0.3) is 10.8 Å². The number of unbranched alkanes of at least 4 members (excludes halogenated alkanes) is 3. The van der Waals surface area contributed by atoms with Gasteiger partial charge in [0.05, 0.1) is 6.61 Å². The topological polar surface area (TPSA) is 49.7 Å². The molecule has 3 nitrogen and oxygen atoms in total. The quantitative estimate of drug-likeness (QED) is 0.442. The molecule has 0 atom stereocenters. The monoisotopic (exact) mass is 374 g/mol. The molecule has 3 aromatic rings. The Morgan fingerprint density at radius 2 is 1.46 bits per heavy atom. The number of fused-ring (bicyclic) bond motifs is 1. The highest BCUT2D eigenvalue weighted by molar-refractivity contribution is 5.85. The molecule has 3 aromatic carbocycles. The molecule has 3 heteroatoms. The molecule has 0 aliphatic heterocycles. The number of aliphatic hydroxyl groups excluding tert-OH is 1. The van der Waals surface area contributed by atoms with Crippen LogP contribution in [0.3, 0.4) is 0 Å². The van der Waals surface area contributed by atoms with Gasteiger partial charge in [-0.05, 0) is 85.0 Å². The number of ether oxygens (including phenoxy) is 1. The first-order chi connectivity index (χ1) is 13.7. The summed E-state index contributed by atoms with van der Waals surface area (Å²) in [6.07, 6.45) is 4.00. The Labute approximate surface area is 166 Å². The average Bonchev–Trinajstić information content (AvgIpc) is 2.71. The fourth-order valence-corrected chi connectivity index (χ4v) is 3.03. The van der Waals surface area contributed by atoms with Crippen LogP contribution in [0.5, 0.6) is 11.5 Å². The molecule has 0 radical (unpaired) electrons. The van der Waals surface area contributed by atoms with Crippen LogP contribution in [-0.4, -0.2) is 23.4 Å². The van der Waals surface area contributed by atoms with Gasteiger partial charge in [0.25, 0.3) is 0 Å². The van der Waals surface area contributed by atoms with Gasteiger partial charge in [-0.15, -0.1) is 0 Å². The summed E-state index contributed by atoms with van der Waals surface area (Å²) in [5, 5.41) is 20.6. The van der Waals surface area contributed by atoms with E-state index in [0.717, 1.165) is 58.9 Å². The number of aromatic hydroxyl groups is 1. The minimum absolute atomic E-state index is 0.270. The summed E-state index contributed by atoms with van der Waals surface area (Å²) in [5.74, 6) is 7.52. The summed E-state index contributed by atoms with van der Waals surface area (Å²) in [6.45, 7) is 2.84. The van der Waals surface area contributed by atoms with Crippen molar-refractivity contribution >= 4 is 10.8 Å². The van der Waals surface area contributed by atoms with E-state index >= 15 is 0 Å². The Balaban J connectivity index is 1.64. The zero-order chi connectivity index (χ0) is 19.8. The van der Waals surface area contributed by atoms with Gasteiger partial charge in [0.1, 0.15) is 11.5 Å². The Bertz CT molecular complexity index is 996. The molecular weight excluding hydrogens is 348 g/mol. The molecule has 0 fully saturated rings. The number of aliphatic hydroxyl groups is 1. The molecule has 0 spiro atoms. The van der Waals surface area contributed by atoms with Gasteiger partial charge < -0.3 is 14.9 Å². The zero-order valence-corrected chi connectivity index (χ0v) is 16.2. The van der Waals surface area contributed by atoms with Crippen molar-refractivity contribution in [2.24, 2.45) is 0 Å². The van der Waals surface area contributed by atoms with E-state index in [1.807, 2.05) is 31.2 Å². The summed E-state index contributed by atoms with van der Waals surface area (Å²) in [7, 11) is 0. The highest BCUT2D eigenvalue weighted by Crippen LogP contribution is 2.22. The molecule has 0 heterocycles. The maximum atomic E-state index is 9.60. The minimum atomic E-state index is 0.270. The minimum Gasteiger partial charge on any atom is -0.508 e. The van der Waals surface area contributed by atoms with Crippen LogP contribution in [0.1, 0.15) is 42.4 Å². The summed E-state index contributed by atoms with van der Waals surface area (Å²) in [4.78, 5) is 0. The molecule has 0 aliphatic rings. The second-order valence-corrected chi connectivity index (χ2v) is 6.96. The summed E-state index contributed by atoms with van der Waals surface area (Å²) in [5.41, 5.74) is 2.67. The molecule has 0 amide bonds. The van der Waals surface area contributed by atoms with Gasteiger partial charge in [0, 0.05) is 17.7 Å². The molecule has 2 N–H and O–H groups in total. The van der Waals surface area contributed by atoms with Crippen LogP contribution >= 0.6 is 0 Å². The fourth-order valence-electron chi connectivity index (χ4n) is 3.03. The second-order valence-electron chi connectivity index (χ2n) is 6.96. The van der Waals surface area contributed by atoms with E-state index < -0.39 is 0 Å². The molecule has 0 unspecified atom stereocenters. The maximum Gasteiger partial charge on any atom is 0.119 e. The number of rotatable bonds is 7. The van der Waals surface area contributed by atoms with Crippen molar-refractivity contribution in [3.8, 4) is 23.3 Å². The number of phenols is 1. The Morgan fingerprint density at radius 1 is 0.786 bits per heavy atom. The van der Waals surface area contributed by atoms with Crippen molar-refractivity contribution in [1.29, 1.82) is 0 Å². The van der Waals surface area contributed by atoms with Gasteiger partial charge >= 0.3 is 0 Å². The van der Waals surface area contributed by atoms with E-state index in [-0.39, 0.29) is 6.61 Å². The predicted octanol–water partition coefficient (Wildman–Crippen LogP) is 5.19. The number of hydrogen-bond acceptors (Lipinski definition) is 3. The van der Waals surface area contributed by atoms with E-state index in [9.17, 15) is 5.11 Å². The number of aryl methyl sites for hydroxylation is 1. The van der Waals surface area contributed by atoms with Gasteiger partial charge in [0.2, 0.25) is 0 Å². The van der Waals surface area contributed by atoms with Crippen LogP contribution in [0, 0.1) is 18.8 Å². The zero-order valence-electron chi connectivity index (χ0n) is 16.2. The largest absolute Gasteiger partial charge is 0.508 e. The molecule has 0 bridgehead atoms. The third-order valence-corrected chi connectivity index (χ3v) is 4.68. The molecule has 28 heavy (non-hydrogen) atoms. The summed E-state index contributed by atoms with van der Waals surface area (Å²) < 4.78 is 5.84. The lowest BCUT2D eigenvalue weighted by Gasteiger charge is -2.07. The van der Waals surface area contributed by atoms with Crippen molar-refractivity contribution in [3.05, 3.63) is 71.3 Å². The average molecular weight is 374 g/mol. The van der Waals surface area contributed by atoms with E-state index in [2.05, 4.69) is 36.1 Å².